The van der Waals surface area contributed by atoms with Crippen LogP contribution in [-0.2, 0) is 14.1 Å². The number of fused-ring (bicyclic) bond motifs is 5. The molecule has 0 fully saturated rings. The molecule has 2 aromatic heterocycles. The molecule has 5 aromatic rings. The minimum Gasteiger partial charge on any atom is -0.477 e. The van der Waals surface area contributed by atoms with Crippen LogP contribution >= 0.6 is 0 Å². The van der Waals surface area contributed by atoms with Crippen LogP contribution in [0.15, 0.2) is 76.3 Å². The first-order chi connectivity index (χ1) is 17.3. The highest BCUT2D eigenvalue weighted by Crippen LogP contribution is 2.47. The van der Waals surface area contributed by atoms with Crippen LogP contribution in [0.5, 0.6) is 5.75 Å². The van der Waals surface area contributed by atoms with Gasteiger partial charge >= 0.3 is 5.69 Å². The molecule has 6 rings (SSSR count). The van der Waals surface area contributed by atoms with Gasteiger partial charge in [0.15, 0.2) is 17.7 Å². The van der Waals surface area contributed by atoms with Gasteiger partial charge in [-0.1, -0.05) is 54.1 Å². The summed E-state index contributed by atoms with van der Waals surface area (Å²) in [5, 5.41) is 0.292. The highest BCUT2D eigenvalue weighted by molar-refractivity contribution is 5.98. The molecule has 0 N–H and O–H groups in total. The molecule has 8 heteroatoms. The van der Waals surface area contributed by atoms with E-state index in [4.69, 9.17) is 4.74 Å². The smallest absolute Gasteiger partial charge is 0.331 e. The van der Waals surface area contributed by atoms with E-state index in [0.29, 0.717) is 33.7 Å². The van der Waals surface area contributed by atoms with E-state index < -0.39 is 29.0 Å². The van der Waals surface area contributed by atoms with Gasteiger partial charge in [0, 0.05) is 19.7 Å². The van der Waals surface area contributed by atoms with Gasteiger partial charge in [0.2, 0.25) is 0 Å². The number of aromatic nitrogens is 3. The molecule has 1 atom stereocenters. The van der Waals surface area contributed by atoms with E-state index in [0.717, 1.165) is 21.8 Å². The normalized spacial score (nSPS) is 14.4. The second-order valence-corrected chi connectivity index (χ2v) is 8.97. The van der Waals surface area contributed by atoms with Crippen LogP contribution in [-0.4, -0.2) is 13.7 Å². The predicted octanol–water partition coefficient (Wildman–Crippen LogP) is 4.76. The molecule has 3 heterocycles. The lowest BCUT2D eigenvalue weighted by Crippen LogP contribution is -2.37. The van der Waals surface area contributed by atoms with Crippen molar-refractivity contribution in [2.45, 2.75) is 13.0 Å². The van der Waals surface area contributed by atoms with Gasteiger partial charge in [-0.05, 0) is 30.7 Å². The summed E-state index contributed by atoms with van der Waals surface area (Å²) in [6, 6.07) is 18.7. The van der Waals surface area contributed by atoms with Gasteiger partial charge in [-0.15, -0.1) is 0 Å². The molecule has 0 amide bonds. The van der Waals surface area contributed by atoms with E-state index in [1.807, 2.05) is 47.9 Å². The maximum absolute atomic E-state index is 15.2. The summed E-state index contributed by atoms with van der Waals surface area (Å²) in [7, 11) is 2.98. The fourth-order valence-electron chi connectivity index (χ4n) is 5.03. The Hall–Kier alpha value is -4.46. The van der Waals surface area contributed by atoms with Gasteiger partial charge in [-0.3, -0.25) is 13.9 Å². The van der Waals surface area contributed by atoms with Crippen molar-refractivity contribution in [3.05, 3.63) is 116 Å². The molecule has 180 valence electrons. The first-order valence-electron chi connectivity index (χ1n) is 11.4. The summed E-state index contributed by atoms with van der Waals surface area (Å²) >= 11 is 0. The Kier molecular flexibility index (Phi) is 4.76. The molecule has 0 radical (unpaired) electrons. The van der Waals surface area contributed by atoms with Crippen LogP contribution in [0.1, 0.15) is 22.9 Å². The first-order valence-corrected chi connectivity index (χ1v) is 11.4. The lowest BCUT2D eigenvalue weighted by molar-refractivity contribution is 0.222. The quantitative estimate of drug-likeness (QED) is 0.362. The van der Waals surface area contributed by atoms with E-state index in [-0.39, 0.29) is 5.56 Å². The van der Waals surface area contributed by atoms with Gasteiger partial charge in [0.25, 0.3) is 5.56 Å². The Balaban J connectivity index is 1.87. The summed E-state index contributed by atoms with van der Waals surface area (Å²) in [6.07, 6.45) is -1.12. The van der Waals surface area contributed by atoms with Crippen LogP contribution in [0.2, 0.25) is 0 Å². The molecule has 0 bridgehead atoms. The fraction of sp³-hybridized carbons (Fsp3) is 0.143. The van der Waals surface area contributed by atoms with Crippen molar-refractivity contribution in [2.75, 3.05) is 0 Å². The molecule has 0 aliphatic carbocycles. The Morgan fingerprint density at radius 2 is 1.58 bits per heavy atom. The number of nitrogens with zero attached hydrogens (tertiary/aromatic N) is 3. The van der Waals surface area contributed by atoms with Crippen LogP contribution in [0.3, 0.4) is 0 Å². The molecule has 6 nitrogen and oxygen atoms in total. The van der Waals surface area contributed by atoms with Crippen molar-refractivity contribution in [1.29, 1.82) is 0 Å². The highest BCUT2D eigenvalue weighted by Gasteiger charge is 2.37. The monoisotopic (exact) mass is 485 g/mol. The Labute approximate surface area is 204 Å². The third-order valence-electron chi connectivity index (χ3n) is 6.80. The molecule has 0 unspecified atom stereocenters. The maximum atomic E-state index is 15.2. The number of para-hydroxylation sites is 2. The van der Waals surface area contributed by atoms with Crippen LogP contribution < -0.4 is 16.0 Å². The van der Waals surface area contributed by atoms with Gasteiger partial charge in [-0.25, -0.2) is 13.6 Å². The largest absolute Gasteiger partial charge is 0.477 e. The lowest BCUT2D eigenvalue weighted by Gasteiger charge is -2.30. The van der Waals surface area contributed by atoms with E-state index in [1.54, 1.807) is 19.2 Å². The summed E-state index contributed by atoms with van der Waals surface area (Å²) < 4.78 is 40.0. The SMILES string of the molecule is Cc1ccc(-c2c3c(=O)n(C)c(=O)n(C)c3c3n2-c2ccccc2O[C@@H]3c2cccc(F)c2F)cc1. The zero-order valence-corrected chi connectivity index (χ0v) is 19.8. The van der Waals surface area contributed by atoms with Crippen LogP contribution in [0.25, 0.3) is 27.8 Å². The van der Waals surface area contributed by atoms with E-state index in [9.17, 15) is 14.0 Å². The third kappa shape index (κ3) is 2.94. The molecule has 36 heavy (non-hydrogen) atoms. The lowest BCUT2D eigenvalue weighted by atomic mass is 10.0. The van der Waals surface area contributed by atoms with E-state index in [1.165, 1.54) is 23.7 Å². The predicted molar refractivity (Wildman–Crippen MR) is 133 cm³/mol. The molecular formula is C28H21F2N3O3. The van der Waals surface area contributed by atoms with Crippen molar-refractivity contribution in [3.63, 3.8) is 0 Å². The number of hydrogen-bond donors (Lipinski definition) is 0. The first kappa shape index (κ1) is 22.0. The summed E-state index contributed by atoms with van der Waals surface area (Å²) in [6.45, 7) is 1.96. The Morgan fingerprint density at radius 3 is 2.33 bits per heavy atom. The van der Waals surface area contributed by atoms with Gasteiger partial charge in [-0.2, -0.15) is 0 Å². The fourth-order valence-corrected chi connectivity index (χ4v) is 5.03. The van der Waals surface area contributed by atoms with Crippen molar-refractivity contribution in [1.82, 2.24) is 13.7 Å². The summed E-state index contributed by atoms with van der Waals surface area (Å²) in [5.74, 6) is -1.62. The molecule has 0 saturated heterocycles. The highest BCUT2D eigenvalue weighted by atomic mass is 19.2. The average molecular weight is 485 g/mol. The molecule has 0 spiro atoms. The minimum atomic E-state index is -1.12. The van der Waals surface area contributed by atoms with Crippen LogP contribution in [0, 0.1) is 18.6 Å². The third-order valence-corrected chi connectivity index (χ3v) is 6.80. The maximum Gasteiger partial charge on any atom is 0.331 e. The summed E-state index contributed by atoms with van der Waals surface area (Å²) in [4.78, 5) is 26.6. The topological polar surface area (TPSA) is 58.2 Å². The number of rotatable bonds is 2. The molecule has 1 aliphatic heterocycles. The Morgan fingerprint density at radius 1 is 0.861 bits per heavy atom. The number of ether oxygens (including phenoxy) is 1. The van der Waals surface area contributed by atoms with Crippen molar-refractivity contribution < 1.29 is 13.5 Å². The van der Waals surface area contributed by atoms with Crippen molar-refractivity contribution in [3.8, 4) is 22.7 Å². The summed E-state index contributed by atoms with van der Waals surface area (Å²) in [5.41, 5.74) is 2.59. The number of halogens is 2. The molecule has 3 aromatic carbocycles. The van der Waals surface area contributed by atoms with Gasteiger partial charge in [0.1, 0.15) is 5.75 Å². The van der Waals surface area contributed by atoms with Gasteiger partial charge < -0.3 is 9.30 Å². The molecular weight excluding hydrogens is 464 g/mol. The van der Waals surface area contributed by atoms with Crippen molar-refractivity contribution >= 4 is 10.9 Å². The minimum absolute atomic E-state index is 0.0336. The average Bonchev–Trinajstić information content (AvgIpc) is 3.24. The number of hydrogen-bond acceptors (Lipinski definition) is 3. The standard InChI is InChI=1S/C28H21F2N3O3/c1-15-11-13-16(14-12-15)23-21-24(31(2)28(35)32(3)27(21)34)25-26(17-7-6-8-18(29)22(17)30)36-20-10-5-4-9-19(20)33(23)25/h4-14,26H,1-3H3/t26-/m1/s1. The zero-order valence-electron chi connectivity index (χ0n) is 19.8. The van der Waals surface area contributed by atoms with E-state index >= 15 is 4.39 Å². The van der Waals surface area contributed by atoms with Gasteiger partial charge in [0.05, 0.1) is 28.0 Å². The van der Waals surface area contributed by atoms with E-state index in [2.05, 4.69) is 0 Å². The van der Waals surface area contributed by atoms with Crippen molar-refractivity contribution in [2.24, 2.45) is 14.1 Å². The number of benzene rings is 3. The molecule has 1 aliphatic rings. The van der Waals surface area contributed by atoms with Crippen LogP contribution in [0.4, 0.5) is 8.78 Å². The number of aryl methyl sites for hydroxylation is 2. The second-order valence-electron chi connectivity index (χ2n) is 8.97. The Bertz CT molecular complexity index is 1810. The zero-order chi connectivity index (χ0) is 25.3. The second kappa shape index (κ2) is 7.78. The molecule has 0 saturated carbocycles.